The molecule has 0 N–H and O–H groups in total. The normalized spacial score (nSPS) is 14.6. The summed E-state index contributed by atoms with van der Waals surface area (Å²) < 4.78 is 10.4. The number of hydrogen-bond acceptors (Lipinski definition) is 6. The third-order valence-corrected chi connectivity index (χ3v) is 3.54. The van der Waals surface area contributed by atoms with Crippen LogP contribution in [0.4, 0.5) is 0 Å². The molecule has 0 fully saturated rings. The minimum atomic E-state index is -0.160. The SMILES string of the molecule is CCOC(C)c1noc(CSC(C)C(C)=O)n1. The van der Waals surface area contributed by atoms with Crippen LogP contribution in [0.25, 0.3) is 0 Å². The summed E-state index contributed by atoms with van der Waals surface area (Å²) in [5.41, 5.74) is 0. The highest BCUT2D eigenvalue weighted by molar-refractivity contribution is 7.99. The quantitative estimate of drug-likeness (QED) is 0.748. The van der Waals surface area contributed by atoms with Gasteiger partial charge in [-0.05, 0) is 27.7 Å². The molecule has 0 amide bonds. The summed E-state index contributed by atoms with van der Waals surface area (Å²) in [6, 6.07) is 0. The molecule has 2 atom stereocenters. The van der Waals surface area contributed by atoms with E-state index >= 15 is 0 Å². The number of rotatable bonds is 7. The van der Waals surface area contributed by atoms with Gasteiger partial charge in [0.25, 0.3) is 0 Å². The largest absolute Gasteiger partial charge is 0.371 e. The van der Waals surface area contributed by atoms with Gasteiger partial charge >= 0.3 is 0 Å². The van der Waals surface area contributed by atoms with Crippen molar-refractivity contribution in [2.24, 2.45) is 0 Å². The first-order valence-electron chi connectivity index (χ1n) is 5.60. The number of carbonyl (C=O) groups excluding carboxylic acids is 1. The van der Waals surface area contributed by atoms with Crippen molar-refractivity contribution in [1.82, 2.24) is 10.1 Å². The van der Waals surface area contributed by atoms with Crippen molar-refractivity contribution in [3.8, 4) is 0 Å². The number of hydrogen-bond donors (Lipinski definition) is 0. The van der Waals surface area contributed by atoms with Crippen molar-refractivity contribution in [3.05, 3.63) is 11.7 Å². The molecule has 17 heavy (non-hydrogen) atoms. The van der Waals surface area contributed by atoms with Gasteiger partial charge in [-0.2, -0.15) is 4.98 Å². The monoisotopic (exact) mass is 258 g/mol. The molecule has 0 bridgehead atoms. The van der Waals surface area contributed by atoms with E-state index in [0.717, 1.165) is 0 Å². The Balaban J connectivity index is 2.48. The first-order chi connectivity index (χ1) is 8.04. The maximum Gasteiger partial charge on any atom is 0.236 e. The summed E-state index contributed by atoms with van der Waals surface area (Å²) in [5, 5.41) is 3.80. The van der Waals surface area contributed by atoms with Gasteiger partial charge < -0.3 is 9.26 Å². The van der Waals surface area contributed by atoms with Gasteiger partial charge in [0.1, 0.15) is 11.9 Å². The number of ether oxygens (including phenoxy) is 1. The number of ketones is 1. The minimum absolute atomic E-state index is 0.0466. The molecule has 1 aromatic rings. The fraction of sp³-hybridized carbons (Fsp3) is 0.727. The molecule has 1 heterocycles. The number of thioether (sulfide) groups is 1. The van der Waals surface area contributed by atoms with Crippen LogP contribution in [0.1, 0.15) is 45.5 Å². The van der Waals surface area contributed by atoms with E-state index in [0.29, 0.717) is 24.1 Å². The van der Waals surface area contributed by atoms with Crippen molar-refractivity contribution in [2.75, 3.05) is 6.61 Å². The zero-order valence-corrected chi connectivity index (χ0v) is 11.4. The van der Waals surface area contributed by atoms with Crippen LogP contribution in [0.2, 0.25) is 0 Å². The van der Waals surface area contributed by atoms with E-state index in [-0.39, 0.29) is 17.1 Å². The van der Waals surface area contributed by atoms with Crippen LogP contribution in [-0.4, -0.2) is 27.8 Å². The molecule has 5 nitrogen and oxygen atoms in total. The van der Waals surface area contributed by atoms with Gasteiger partial charge in [-0.3, -0.25) is 4.79 Å². The van der Waals surface area contributed by atoms with Gasteiger partial charge in [0.15, 0.2) is 5.82 Å². The lowest BCUT2D eigenvalue weighted by atomic mass is 10.3. The molecule has 0 aromatic carbocycles. The van der Waals surface area contributed by atoms with Gasteiger partial charge in [0.05, 0.1) is 11.0 Å². The predicted octanol–water partition coefficient (Wildman–Crippen LogP) is 2.38. The summed E-state index contributed by atoms with van der Waals surface area (Å²) in [7, 11) is 0. The molecule has 1 aromatic heterocycles. The van der Waals surface area contributed by atoms with Gasteiger partial charge in [-0.25, -0.2) is 0 Å². The molecule has 1 rings (SSSR count). The Morgan fingerprint density at radius 3 is 2.82 bits per heavy atom. The molecule has 6 heteroatoms. The average molecular weight is 258 g/mol. The fourth-order valence-corrected chi connectivity index (χ4v) is 1.87. The molecule has 0 spiro atoms. The molecular weight excluding hydrogens is 240 g/mol. The summed E-state index contributed by atoms with van der Waals surface area (Å²) >= 11 is 1.49. The summed E-state index contributed by atoms with van der Waals surface area (Å²) in [6.07, 6.45) is -0.160. The van der Waals surface area contributed by atoms with E-state index in [2.05, 4.69) is 10.1 Å². The van der Waals surface area contributed by atoms with Crippen LogP contribution in [0, 0.1) is 0 Å². The van der Waals surface area contributed by atoms with Crippen molar-refractivity contribution in [3.63, 3.8) is 0 Å². The fourth-order valence-electron chi connectivity index (χ4n) is 1.13. The van der Waals surface area contributed by atoms with Crippen LogP contribution in [0.3, 0.4) is 0 Å². The molecule has 0 saturated heterocycles. The van der Waals surface area contributed by atoms with Crippen molar-refractivity contribution in [1.29, 1.82) is 0 Å². The van der Waals surface area contributed by atoms with Crippen LogP contribution >= 0.6 is 11.8 Å². The average Bonchev–Trinajstić information content (AvgIpc) is 2.74. The highest BCUT2D eigenvalue weighted by atomic mass is 32.2. The first kappa shape index (κ1) is 14.2. The number of Topliss-reactive ketones (excluding diaryl/α,β-unsaturated/α-hetero) is 1. The van der Waals surface area contributed by atoms with E-state index in [9.17, 15) is 4.79 Å². The first-order valence-corrected chi connectivity index (χ1v) is 6.65. The van der Waals surface area contributed by atoms with Crippen LogP contribution in [0.15, 0.2) is 4.52 Å². The van der Waals surface area contributed by atoms with E-state index in [1.807, 2.05) is 20.8 Å². The number of nitrogens with zero attached hydrogens (tertiary/aromatic N) is 2. The molecule has 0 aliphatic heterocycles. The summed E-state index contributed by atoms with van der Waals surface area (Å²) in [5.74, 6) is 1.78. The number of aromatic nitrogens is 2. The lowest BCUT2D eigenvalue weighted by Crippen LogP contribution is -2.08. The Bertz CT molecular complexity index is 367. The van der Waals surface area contributed by atoms with Crippen molar-refractivity contribution < 1.29 is 14.1 Å². The second kappa shape index (κ2) is 6.76. The van der Waals surface area contributed by atoms with Gasteiger partial charge in [0.2, 0.25) is 5.89 Å². The van der Waals surface area contributed by atoms with Crippen molar-refractivity contribution >= 4 is 17.5 Å². The van der Waals surface area contributed by atoms with E-state index < -0.39 is 0 Å². The second-order valence-corrected chi connectivity index (χ2v) is 5.04. The molecule has 96 valence electrons. The molecule has 0 aliphatic carbocycles. The van der Waals surface area contributed by atoms with Crippen molar-refractivity contribution in [2.45, 2.75) is 44.8 Å². The second-order valence-electron chi connectivity index (χ2n) is 3.71. The van der Waals surface area contributed by atoms with E-state index in [4.69, 9.17) is 9.26 Å². The maximum atomic E-state index is 11.1. The summed E-state index contributed by atoms with van der Waals surface area (Å²) in [6.45, 7) is 7.85. The van der Waals surface area contributed by atoms with Gasteiger partial charge in [-0.15, -0.1) is 11.8 Å². The Labute approximate surface area is 105 Å². The molecule has 0 aliphatic rings. The van der Waals surface area contributed by atoms with Crippen LogP contribution in [0.5, 0.6) is 0 Å². The van der Waals surface area contributed by atoms with Crippen LogP contribution in [-0.2, 0) is 15.3 Å². The topological polar surface area (TPSA) is 65.2 Å². The lowest BCUT2D eigenvalue weighted by Gasteiger charge is -2.05. The molecule has 0 saturated carbocycles. The Kier molecular flexibility index (Phi) is 5.64. The van der Waals surface area contributed by atoms with Gasteiger partial charge in [0, 0.05) is 6.61 Å². The molecule has 2 unspecified atom stereocenters. The lowest BCUT2D eigenvalue weighted by molar-refractivity contribution is -0.116. The number of carbonyl (C=O) groups is 1. The Morgan fingerprint density at radius 2 is 2.24 bits per heavy atom. The van der Waals surface area contributed by atoms with E-state index in [1.165, 1.54) is 11.8 Å². The molecular formula is C11H18N2O3S. The zero-order valence-electron chi connectivity index (χ0n) is 10.6. The van der Waals surface area contributed by atoms with Gasteiger partial charge in [-0.1, -0.05) is 5.16 Å². The third-order valence-electron chi connectivity index (χ3n) is 2.29. The molecule has 0 radical (unpaired) electrons. The zero-order chi connectivity index (χ0) is 12.8. The minimum Gasteiger partial charge on any atom is -0.371 e. The van der Waals surface area contributed by atoms with Crippen LogP contribution < -0.4 is 0 Å². The Hall–Kier alpha value is -0.880. The standard InChI is InChI=1S/C11H18N2O3S/c1-5-15-8(3)11-12-10(16-13-11)6-17-9(4)7(2)14/h8-9H,5-6H2,1-4H3. The smallest absolute Gasteiger partial charge is 0.236 e. The van der Waals surface area contributed by atoms with E-state index in [1.54, 1.807) is 6.92 Å². The summed E-state index contributed by atoms with van der Waals surface area (Å²) in [4.78, 5) is 15.3. The Morgan fingerprint density at radius 1 is 1.53 bits per heavy atom. The third kappa shape index (κ3) is 4.47. The maximum absolute atomic E-state index is 11.1. The highest BCUT2D eigenvalue weighted by Gasteiger charge is 2.15. The predicted molar refractivity (Wildman–Crippen MR) is 65.8 cm³/mol. The highest BCUT2D eigenvalue weighted by Crippen LogP contribution is 2.19.